The first-order valence-corrected chi connectivity index (χ1v) is 8.16. The van der Waals surface area contributed by atoms with Crippen molar-refractivity contribution in [3.8, 4) is 17.0 Å². The second-order valence-electron chi connectivity index (χ2n) is 6.23. The van der Waals surface area contributed by atoms with Crippen molar-refractivity contribution in [3.63, 3.8) is 0 Å². The fraction of sp³-hybridized carbons (Fsp3) is 0.353. The molecule has 1 saturated heterocycles. The summed E-state index contributed by atoms with van der Waals surface area (Å²) in [7, 11) is 0. The number of hydrogen-bond acceptors (Lipinski definition) is 5. The van der Waals surface area contributed by atoms with Crippen LogP contribution < -0.4 is 11.0 Å². The first-order valence-electron chi connectivity index (χ1n) is 8.16. The number of aromatic nitrogens is 4. The third-order valence-corrected chi connectivity index (χ3v) is 4.48. The van der Waals surface area contributed by atoms with Crippen molar-refractivity contribution < 1.29 is 5.11 Å². The van der Waals surface area contributed by atoms with Gasteiger partial charge in [-0.2, -0.15) is 0 Å². The topological polar surface area (TPSA) is 95.8 Å². The number of benzene rings is 1. The van der Waals surface area contributed by atoms with E-state index in [0.29, 0.717) is 29.5 Å². The Morgan fingerprint density at radius 2 is 2.12 bits per heavy atom. The van der Waals surface area contributed by atoms with Crippen molar-refractivity contribution in [3.05, 3.63) is 40.9 Å². The Morgan fingerprint density at radius 1 is 1.29 bits per heavy atom. The van der Waals surface area contributed by atoms with E-state index < -0.39 is 0 Å². The average Bonchev–Trinajstić information content (AvgIpc) is 2.91. The zero-order valence-electron chi connectivity index (χ0n) is 13.2. The van der Waals surface area contributed by atoms with E-state index in [9.17, 15) is 9.90 Å². The summed E-state index contributed by atoms with van der Waals surface area (Å²) in [5, 5.41) is 12.8. The predicted molar refractivity (Wildman–Crippen MR) is 90.8 cm³/mol. The zero-order chi connectivity index (χ0) is 16.5. The summed E-state index contributed by atoms with van der Waals surface area (Å²) in [5.41, 5.74) is 2.44. The van der Waals surface area contributed by atoms with Gasteiger partial charge in [-0.3, -0.25) is 9.55 Å². The van der Waals surface area contributed by atoms with Crippen molar-refractivity contribution in [2.24, 2.45) is 5.92 Å². The number of phenolic OH excluding ortho intramolecular Hbond substituents is 1. The van der Waals surface area contributed by atoms with E-state index in [1.165, 1.54) is 0 Å². The number of fused-ring (bicyclic) bond motifs is 1. The average molecular weight is 325 g/mol. The van der Waals surface area contributed by atoms with Crippen LogP contribution >= 0.6 is 0 Å². The molecule has 3 N–H and O–H groups in total. The molecule has 0 aliphatic carbocycles. The lowest BCUT2D eigenvalue weighted by Crippen LogP contribution is -2.34. The number of H-pyrrole nitrogens is 1. The number of nitrogens with zero attached hydrogens (tertiary/aromatic N) is 3. The Morgan fingerprint density at radius 3 is 2.88 bits per heavy atom. The highest BCUT2D eigenvalue weighted by Crippen LogP contribution is 2.21. The summed E-state index contributed by atoms with van der Waals surface area (Å²) < 4.78 is 1.68. The number of aromatic hydroxyl groups is 1. The Balaban J connectivity index is 1.73. The Labute approximate surface area is 138 Å². The lowest BCUT2D eigenvalue weighted by Gasteiger charge is -2.22. The number of piperidine rings is 1. The predicted octanol–water partition coefficient (Wildman–Crippen LogP) is 1.49. The van der Waals surface area contributed by atoms with E-state index in [2.05, 4.69) is 20.3 Å². The number of aromatic amines is 1. The molecule has 1 atom stereocenters. The van der Waals surface area contributed by atoms with Crippen LogP contribution in [0.4, 0.5) is 0 Å². The van der Waals surface area contributed by atoms with E-state index in [4.69, 9.17) is 0 Å². The molecule has 7 heteroatoms. The molecule has 4 rings (SSSR count). The molecule has 0 radical (unpaired) electrons. The Hall–Kier alpha value is -2.67. The van der Waals surface area contributed by atoms with Gasteiger partial charge in [0.1, 0.15) is 5.75 Å². The van der Waals surface area contributed by atoms with E-state index in [1.54, 1.807) is 35.0 Å². The largest absolute Gasteiger partial charge is 0.508 e. The molecular formula is C17H19N5O2. The smallest absolute Gasteiger partial charge is 0.328 e. The first kappa shape index (κ1) is 14.9. The highest BCUT2D eigenvalue weighted by molar-refractivity contribution is 5.71. The van der Waals surface area contributed by atoms with Crippen LogP contribution in [0.3, 0.4) is 0 Å². The molecule has 3 aromatic rings. The molecule has 124 valence electrons. The third-order valence-electron chi connectivity index (χ3n) is 4.48. The van der Waals surface area contributed by atoms with Gasteiger partial charge in [0.05, 0.1) is 11.9 Å². The minimum atomic E-state index is -0.168. The third kappa shape index (κ3) is 2.78. The fourth-order valence-corrected chi connectivity index (χ4v) is 3.20. The van der Waals surface area contributed by atoms with E-state index in [1.807, 2.05) is 0 Å². The number of imidazole rings is 1. The fourth-order valence-electron chi connectivity index (χ4n) is 3.20. The van der Waals surface area contributed by atoms with Crippen LogP contribution in [0, 0.1) is 5.92 Å². The molecule has 1 aliphatic rings. The van der Waals surface area contributed by atoms with Crippen LogP contribution in [-0.2, 0) is 6.54 Å². The van der Waals surface area contributed by atoms with E-state index >= 15 is 0 Å². The Bertz CT molecular complexity index is 907. The zero-order valence-corrected chi connectivity index (χ0v) is 13.2. The quantitative estimate of drug-likeness (QED) is 0.678. The summed E-state index contributed by atoms with van der Waals surface area (Å²) in [6.45, 7) is 2.60. The van der Waals surface area contributed by atoms with Crippen LogP contribution in [-0.4, -0.2) is 37.7 Å². The van der Waals surface area contributed by atoms with E-state index in [0.717, 1.165) is 31.5 Å². The van der Waals surface area contributed by atoms with Gasteiger partial charge < -0.3 is 10.4 Å². The van der Waals surface area contributed by atoms with Crippen molar-refractivity contribution in [2.45, 2.75) is 19.4 Å². The molecule has 24 heavy (non-hydrogen) atoms. The second-order valence-corrected chi connectivity index (χ2v) is 6.23. The summed E-state index contributed by atoms with van der Waals surface area (Å²) in [6, 6.07) is 6.79. The highest BCUT2D eigenvalue weighted by atomic mass is 16.3. The van der Waals surface area contributed by atoms with Gasteiger partial charge in [0.15, 0.2) is 11.3 Å². The van der Waals surface area contributed by atoms with Crippen LogP contribution in [0.1, 0.15) is 12.8 Å². The highest BCUT2D eigenvalue weighted by Gasteiger charge is 2.18. The normalized spacial score (nSPS) is 18.1. The van der Waals surface area contributed by atoms with Gasteiger partial charge in [0.2, 0.25) is 0 Å². The molecule has 0 amide bonds. The number of hydrogen-bond donors (Lipinski definition) is 3. The van der Waals surface area contributed by atoms with Crippen molar-refractivity contribution in [1.82, 2.24) is 24.8 Å². The van der Waals surface area contributed by atoms with Gasteiger partial charge in [-0.15, -0.1) is 0 Å². The van der Waals surface area contributed by atoms with Gasteiger partial charge in [-0.25, -0.2) is 14.8 Å². The van der Waals surface area contributed by atoms with Crippen molar-refractivity contribution in [1.29, 1.82) is 0 Å². The standard InChI is InChI=1S/C17H19N5O2/c23-13-5-3-12(4-6-13)14-9-19-15-16(20-14)22(17(24)21-15)10-11-2-1-7-18-8-11/h3-6,9,11,18,23H,1-2,7-8,10H2,(H,19,21,24). The van der Waals surface area contributed by atoms with Crippen LogP contribution in [0.15, 0.2) is 35.3 Å². The van der Waals surface area contributed by atoms with Crippen LogP contribution in [0.5, 0.6) is 5.75 Å². The SMILES string of the molecule is O=c1[nH]c2ncc(-c3ccc(O)cc3)nc2n1CC1CCCNC1. The summed E-state index contributed by atoms with van der Waals surface area (Å²) in [6.07, 6.45) is 3.88. The maximum Gasteiger partial charge on any atom is 0.328 e. The van der Waals surface area contributed by atoms with Gasteiger partial charge in [-0.1, -0.05) is 0 Å². The second kappa shape index (κ2) is 6.09. The molecule has 0 spiro atoms. The monoisotopic (exact) mass is 325 g/mol. The van der Waals surface area contributed by atoms with Crippen LogP contribution in [0.2, 0.25) is 0 Å². The van der Waals surface area contributed by atoms with Gasteiger partial charge in [0.25, 0.3) is 0 Å². The maximum atomic E-state index is 12.3. The molecule has 3 heterocycles. The minimum absolute atomic E-state index is 0.168. The molecule has 2 aromatic heterocycles. The van der Waals surface area contributed by atoms with Crippen LogP contribution in [0.25, 0.3) is 22.6 Å². The number of rotatable bonds is 3. The molecule has 0 saturated carbocycles. The number of nitrogens with one attached hydrogen (secondary N) is 2. The van der Waals surface area contributed by atoms with Gasteiger partial charge in [-0.05, 0) is 56.1 Å². The molecule has 1 fully saturated rings. The van der Waals surface area contributed by atoms with Gasteiger partial charge >= 0.3 is 5.69 Å². The van der Waals surface area contributed by atoms with E-state index in [-0.39, 0.29) is 11.4 Å². The molecule has 0 bridgehead atoms. The summed E-state index contributed by atoms with van der Waals surface area (Å²) in [5.74, 6) is 0.630. The number of phenols is 1. The lowest BCUT2D eigenvalue weighted by molar-refractivity contribution is 0.337. The van der Waals surface area contributed by atoms with Crippen molar-refractivity contribution >= 4 is 11.3 Å². The molecule has 1 aromatic carbocycles. The first-order chi connectivity index (χ1) is 11.7. The van der Waals surface area contributed by atoms with Crippen molar-refractivity contribution in [2.75, 3.05) is 13.1 Å². The lowest BCUT2D eigenvalue weighted by atomic mass is 10.00. The molecule has 7 nitrogen and oxygen atoms in total. The summed E-state index contributed by atoms with van der Waals surface area (Å²) in [4.78, 5) is 24.0. The van der Waals surface area contributed by atoms with Gasteiger partial charge in [0, 0.05) is 12.1 Å². The summed E-state index contributed by atoms with van der Waals surface area (Å²) >= 11 is 0. The molecule has 1 unspecified atom stereocenters. The maximum absolute atomic E-state index is 12.3. The minimum Gasteiger partial charge on any atom is -0.508 e. The Kier molecular flexibility index (Phi) is 3.78. The molecular weight excluding hydrogens is 306 g/mol. The molecule has 1 aliphatic heterocycles.